The summed E-state index contributed by atoms with van der Waals surface area (Å²) in [5.41, 5.74) is 2.37. The van der Waals surface area contributed by atoms with Crippen molar-refractivity contribution in [2.24, 2.45) is 0 Å². The minimum Gasteiger partial charge on any atom is -0.462 e. The zero-order chi connectivity index (χ0) is 23.9. The lowest BCUT2D eigenvalue weighted by molar-refractivity contribution is 0.0526. The summed E-state index contributed by atoms with van der Waals surface area (Å²) < 4.78 is 10.9. The Bertz CT molecular complexity index is 1260. The molecular formula is C25H21ClN4O4. The van der Waals surface area contributed by atoms with Crippen molar-refractivity contribution in [1.82, 2.24) is 15.5 Å². The van der Waals surface area contributed by atoms with E-state index in [9.17, 15) is 9.59 Å². The standard InChI is InChI=1S/C25H21ClN4O4/c1-2-33-24(31)18-10-14-20(15-11-18)27-25(32)28-21(16-8-12-19(26)13-9-16)23-30-29-22(34-23)17-6-4-3-5-7-17/h3-15,21H,2H2,1H3,(H2,27,28,32)/t21-/m0/s1. The Kier molecular flexibility index (Phi) is 7.19. The van der Waals surface area contributed by atoms with Crippen LogP contribution in [-0.4, -0.2) is 28.8 Å². The summed E-state index contributed by atoms with van der Waals surface area (Å²) in [6, 6.07) is 21.5. The Balaban J connectivity index is 1.53. The molecule has 34 heavy (non-hydrogen) atoms. The maximum atomic E-state index is 12.8. The van der Waals surface area contributed by atoms with E-state index < -0.39 is 18.0 Å². The third-order valence-electron chi connectivity index (χ3n) is 4.84. The minimum absolute atomic E-state index is 0.217. The Morgan fingerprint density at radius 2 is 1.68 bits per heavy atom. The normalized spacial score (nSPS) is 11.5. The highest BCUT2D eigenvalue weighted by atomic mass is 35.5. The first-order valence-electron chi connectivity index (χ1n) is 10.5. The number of hydrogen-bond acceptors (Lipinski definition) is 6. The van der Waals surface area contributed by atoms with Gasteiger partial charge in [0.25, 0.3) is 0 Å². The van der Waals surface area contributed by atoms with Crippen molar-refractivity contribution in [2.45, 2.75) is 13.0 Å². The van der Waals surface area contributed by atoms with E-state index in [1.54, 1.807) is 55.5 Å². The number of ether oxygens (including phenoxy) is 1. The van der Waals surface area contributed by atoms with Crippen LogP contribution in [0.4, 0.5) is 10.5 Å². The summed E-state index contributed by atoms with van der Waals surface area (Å²) in [4.78, 5) is 24.6. The van der Waals surface area contributed by atoms with Crippen molar-refractivity contribution in [3.63, 3.8) is 0 Å². The van der Waals surface area contributed by atoms with Crippen LogP contribution in [0.3, 0.4) is 0 Å². The first-order valence-corrected chi connectivity index (χ1v) is 10.9. The second-order valence-electron chi connectivity index (χ2n) is 7.19. The van der Waals surface area contributed by atoms with Crippen molar-refractivity contribution < 1.29 is 18.7 Å². The monoisotopic (exact) mass is 476 g/mol. The number of benzene rings is 3. The zero-order valence-electron chi connectivity index (χ0n) is 18.2. The van der Waals surface area contributed by atoms with Gasteiger partial charge in [-0.2, -0.15) is 0 Å². The summed E-state index contributed by atoms with van der Waals surface area (Å²) in [6.45, 7) is 2.02. The van der Waals surface area contributed by atoms with Crippen LogP contribution in [0.5, 0.6) is 0 Å². The summed E-state index contributed by atoms with van der Waals surface area (Å²) in [5, 5.41) is 14.4. The van der Waals surface area contributed by atoms with Crippen LogP contribution in [0, 0.1) is 0 Å². The van der Waals surface area contributed by atoms with E-state index in [0.717, 1.165) is 5.56 Å². The van der Waals surface area contributed by atoms with Crippen LogP contribution >= 0.6 is 11.6 Å². The zero-order valence-corrected chi connectivity index (χ0v) is 19.0. The van der Waals surface area contributed by atoms with Gasteiger partial charge in [-0.25, -0.2) is 9.59 Å². The molecule has 1 heterocycles. The van der Waals surface area contributed by atoms with Gasteiger partial charge in [0.1, 0.15) is 6.04 Å². The lowest BCUT2D eigenvalue weighted by atomic mass is 10.1. The second-order valence-corrected chi connectivity index (χ2v) is 7.63. The smallest absolute Gasteiger partial charge is 0.338 e. The number of anilines is 1. The maximum absolute atomic E-state index is 12.8. The highest BCUT2D eigenvalue weighted by molar-refractivity contribution is 6.30. The van der Waals surface area contributed by atoms with E-state index in [1.807, 2.05) is 30.3 Å². The Morgan fingerprint density at radius 1 is 0.971 bits per heavy atom. The van der Waals surface area contributed by atoms with E-state index in [2.05, 4.69) is 20.8 Å². The number of carbonyl (C=O) groups excluding carboxylic acids is 2. The van der Waals surface area contributed by atoms with Crippen LogP contribution in [-0.2, 0) is 4.74 Å². The van der Waals surface area contributed by atoms with Crippen LogP contribution in [0.2, 0.25) is 5.02 Å². The molecule has 0 unspecified atom stereocenters. The summed E-state index contributed by atoms with van der Waals surface area (Å²) in [6.07, 6.45) is 0. The number of halogens is 1. The van der Waals surface area contributed by atoms with E-state index >= 15 is 0 Å². The highest BCUT2D eigenvalue weighted by Gasteiger charge is 2.24. The first kappa shape index (κ1) is 23.0. The first-order chi connectivity index (χ1) is 16.5. The van der Waals surface area contributed by atoms with Crippen molar-refractivity contribution in [3.8, 4) is 11.5 Å². The van der Waals surface area contributed by atoms with E-state index in [-0.39, 0.29) is 12.5 Å². The Hall–Kier alpha value is -4.17. The van der Waals surface area contributed by atoms with Gasteiger partial charge in [-0.15, -0.1) is 10.2 Å². The molecule has 0 spiro atoms. The number of carbonyl (C=O) groups is 2. The van der Waals surface area contributed by atoms with Gasteiger partial charge in [-0.05, 0) is 61.0 Å². The average molecular weight is 477 g/mol. The van der Waals surface area contributed by atoms with Gasteiger partial charge in [0, 0.05) is 16.3 Å². The van der Waals surface area contributed by atoms with Crippen LogP contribution < -0.4 is 10.6 Å². The second kappa shape index (κ2) is 10.6. The van der Waals surface area contributed by atoms with E-state index in [4.69, 9.17) is 20.8 Å². The fraction of sp³-hybridized carbons (Fsp3) is 0.120. The molecule has 0 aliphatic heterocycles. The number of aromatic nitrogens is 2. The molecule has 4 rings (SSSR count). The minimum atomic E-state index is -0.721. The molecule has 3 aromatic carbocycles. The topological polar surface area (TPSA) is 106 Å². The van der Waals surface area contributed by atoms with Crippen LogP contribution in [0.1, 0.15) is 34.8 Å². The molecule has 0 aliphatic rings. The number of amides is 2. The number of nitrogens with one attached hydrogen (secondary N) is 2. The van der Waals surface area contributed by atoms with Crippen LogP contribution in [0.15, 0.2) is 83.3 Å². The van der Waals surface area contributed by atoms with E-state index in [1.165, 1.54) is 0 Å². The molecule has 0 aliphatic carbocycles. The van der Waals surface area contributed by atoms with Gasteiger partial charge in [-0.1, -0.05) is 41.9 Å². The molecule has 0 radical (unpaired) electrons. The van der Waals surface area contributed by atoms with Gasteiger partial charge < -0.3 is 19.8 Å². The highest BCUT2D eigenvalue weighted by Crippen LogP contribution is 2.26. The van der Waals surface area contributed by atoms with Crippen molar-refractivity contribution >= 4 is 29.3 Å². The van der Waals surface area contributed by atoms with Gasteiger partial charge in [0.15, 0.2) is 0 Å². The summed E-state index contributed by atoms with van der Waals surface area (Å²) in [7, 11) is 0. The Morgan fingerprint density at radius 3 is 2.35 bits per heavy atom. The molecule has 2 N–H and O–H groups in total. The van der Waals surface area contributed by atoms with Crippen molar-refractivity contribution in [2.75, 3.05) is 11.9 Å². The maximum Gasteiger partial charge on any atom is 0.338 e. The van der Waals surface area contributed by atoms with Crippen molar-refractivity contribution in [1.29, 1.82) is 0 Å². The molecule has 0 fully saturated rings. The third-order valence-corrected chi connectivity index (χ3v) is 5.09. The number of nitrogens with zero attached hydrogens (tertiary/aromatic N) is 2. The fourth-order valence-electron chi connectivity index (χ4n) is 3.19. The Labute approximate surface area is 200 Å². The number of esters is 1. The van der Waals surface area contributed by atoms with Crippen molar-refractivity contribution in [3.05, 3.63) is 101 Å². The van der Waals surface area contributed by atoms with Crippen LogP contribution in [0.25, 0.3) is 11.5 Å². The molecule has 172 valence electrons. The number of urea groups is 1. The fourth-order valence-corrected chi connectivity index (χ4v) is 3.32. The SMILES string of the molecule is CCOC(=O)c1ccc(NC(=O)N[C@@H](c2ccc(Cl)cc2)c2nnc(-c3ccccc3)o2)cc1. The van der Waals surface area contributed by atoms with Gasteiger partial charge in [0.2, 0.25) is 11.8 Å². The molecule has 2 amide bonds. The molecule has 4 aromatic rings. The van der Waals surface area contributed by atoms with Gasteiger partial charge in [0.05, 0.1) is 12.2 Å². The summed E-state index contributed by atoms with van der Waals surface area (Å²) in [5.74, 6) is 0.132. The van der Waals surface area contributed by atoms with E-state index in [0.29, 0.717) is 27.7 Å². The molecule has 0 saturated heterocycles. The lowest BCUT2D eigenvalue weighted by Gasteiger charge is -2.16. The molecule has 1 aromatic heterocycles. The summed E-state index contributed by atoms with van der Waals surface area (Å²) >= 11 is 6.03. The molecule has 1 atom stereocenters. The molecule has 8 nitrogen and oxygen atoms in total. The number of rotatable bonds is 7. The molecular weight excluding hydrogens is 456 g/mol. The molecule has 9 heteroatoms. The van der Waals surface area contributed by atoms with Gasteiger partial charge >= 0.3 is 12.0 Å². The average Bonchev–Trinajstić information content (AvgIpc) is 3.34. The molecule has 0 bridgehead atoms. The predicted octanol–water partition coefficient (Wildman–Crippen LogP) is 5.48. The number of hydrogen-bond donors (Lipinski definition) is 2. The molecule has 0 saturated carbocycles. The quantitative estimate of drug-likeness (QED) is 0.342. The lowest BCUT2D eigenvalue weighted by Crippen LogP contribution is -2.33. The predicted molar refractivity (Wildman–Crippen MR) is 128 cm³/mol. The largest absolute Gasteiger partial charge is 0.462 e. The van der Waals surface area contributed by atoms with Gasteiger partial charge in [-0.3, -0.25) is 0 Å². The third kappa shape index (κ3) is 5.60.